The predicted molar refractivity (Wildman–Crippen MR) is 116 cm³/mol. The maximum Gasteiger partial charge on any atom is 0.490 e. The van der Waals surface area contributed by atoms with Gasteiger partial charge in [0.1, 0.15) is 11.5 Å². The van der Waals surface area contributed by atoms with E-state index in [-0.39, 0.29) is 22.6 Å². The van der Waals surface area contributed by atoms with Crippen molar-refractivity contribution in [1.29, 1.82) is 0 Å². The molecule has 1 aromatic heterocycles. The van der Waals surface area contributed by atoms with Gasteiger partial charge in [0, 0.05) is 38.5 Å². The lowest BCUT2D eigenvalue weighted by atomic mass is 9.60. The second-order valence-corrected chi connectivity index (χ2v) is 9.46. The van der Waals surface area contributed by atoms with Crippen LogP contribution in [0.1, 0.15) is 44.6 Å². The average Bonchev–Trinajstić information content (AvgIpc) is 3.41. The Morgan fingerprint density at radius 2 is 1.74 bits per heavy atom. The third-order valence-electron chi connectivity index (χ3n) is 7.53. The number of carbonyl (C=O) groups is 3. The third-order valence-corrected chi connectivity index (χ3v) is 7.53. The fourth-order valence-corrected chi connectivity index (χ4v) is 5.63. The van der Waals surface area contributed by atoms with Gasteiger partial charge < -0.3 is 19.3 Å². The number of furan rings is 1. The summed E-state index contributed by atoms with van der Waals surface area (Å²) in [6.07, 6.45) is -2.25. The number of carbonyl (C=O) groups excluding carboxylic acids is 2. The largest absolute Gasteiger partial charge is 0.490 e. The van der Waals surface area contributed by atoms with Gasteiger partial charge in [-0.2, -0.15) is 13.2 Å². The standard InChI is InChI=1S/C21H31N3O3.C2HF3O2/c1-4-23-12-9-21(19(23)26)15-24(17(3)25)14-20(21)7-10-22(11-8-20)13-18-6-5-16(2)27-18;3-2(4,5)1(6)7/h5-6H,4,7-15H2,1-3H3;(H,6,7). The Balaban J connectivity index is 0.000000406. The van der Waals surface area contributed by atoms with Crippen LogP contribution >= 0.6 is 0 Å². The molecule has 1 unspecified atom stereocenters. The van der Waals surface area contributed by atoms with Gasteiger partial charge in [0.05, 0.1) is 12.0 Å². The molecule has 0 aromatic carbocycles. The summed E-state index contributed by atoms with van der Waals surface area (Å²) in [6, 6.07) is 4.06. The van der Waals surface area contributed by atoms with Crippen molar-refractivity contribution in [3.05, 3.63) is 23.7 Å². The van der Waals surface area contributed by atoms with Gasteiger partial charge in [-0.25, -0.2) is 4.79 Å². The highest BCUT2D eigenvalue weighted by molar-refractivity contribution is 5.88. The van der Waals surface area contributed by atoms with E-state index in [0.29, 0.717) is 6.54 Å². The van der Waals surface area contributed by atoms with Gasteiger partial charge in [-0.05, 0) is 58.3 Å². The molecule has 2 spiro atoms. The number of aryl methyl sites for hydroxylation is 1. The van der Waals surface area contributed by atoms with E-state index in [1.807, 2.05) is 28.9 Å². The number of piperidine rings is 1. The Morgan fingerprint density at radius 3 is 2.18 bits per heavy atom. The number of halogens is 3. The van der Waals surface area contributed by atoms with E-state index in [4.69, 9.17) is 14.3 Å². The highest BCUT2D eigenvalue weighted by Gasteiger charge is 2.65. The molecule has 8 nitrogen and oxygen atoms in total. The zero-order valence-electron chi connectivity index (χ0n) is 19.8. The van der Waals surface area contributed by atoms with Crippen LogP contribution in [0.5, 0.6) is 0 Å². The monoisotopic (exact) mass is 487 g/mol. The molecule has 2 amide bonds. The first kappa shape index (κ1) is 26.1. The van der Waals surface area contributed by atoms with Crippen molar-refractivity contribution in [2.45, 2.75) is 52.8 Å². The van der Waals surface area contributed by atoms with Crippen LogP contribution in [0, 0.1) is 17.8 Å². The lowest BCUT2D eigenvalue weighted by molar-refractivity contribution is -0.192. The summed E-state index contributed by atoms with van der Waals surface area (Å²) in [5.41, 5.74) is -0.447. The molecule has 34 heavy (non-hydrogen) atoms. The second kappa shape index (κ2) is 9.59. The normalized spacial score (nSPS) is 24.6. The van der Waals surface area contributed by atoms with Crippen molar-refractivity contribution >= 4 is 17.8 Å². The van der Waals surface area contributed by atoms with Gasteiger partial charge in [-0.1, -0.05) is 0 Å². The number of carboxylic acids is 1. The molecule has 0 saturated carbocycles. The molecular formula is C23H32F3N3O5. The number of aliphatic carboxylic acids is 1. The zero-order valence-corrected chi connectivity index (χ0v) is 19.8. The Kier molecular flexibility index (Phi) is 7.35. The van der Waals surface area contributed by atoms with Crippen LogP contribution in [0.15, 0.2) is 16.5 Å². The molecule has 0 radical (unpaired) electrons. The predicted octanol–water partition coefficient (Wildman–Crippen LogP) is 2.90. The Labute approximate surface area is 196 Å². The van der Waals surface area contributed by atoms with Crippen LogP contribution in [0.3, 0.4) is 0 Å². The average molecular weight is 488 g/mol. The number of fused-ring (bicyclic) bond motifs is 1. The van der Waals surface area contributed by atoms with E-state index in [1.165, 1.54) is 0 Å². The molecule has 0 bridgehead atoms. The zero-order chi connectivity index (χ0) is 25.3. The van der Waals surface area contributed by atoms with E-state index in [9.17, 15) is 22.8 Å². The van der Waals surface area contributed by atoms with Gasteiger partial charge in [0.2, 0.25) is 11.8 Å². The fraction of sp³-hybridized carbons (Fsp3) is 0.696. The summed E-state index contributed by atoms with van der Waals surface area (Å²) in [5.74, 6) is -0.426. The first-order valence-corrected chi connectivity index (χ1v) is 11.5. The quantitative estimate of drug-likeness (QED) is 0.705. The molecule has 4 rings (SSSR count). The van der Waals surface area contributed by atoms with Crippen LogP contribution in [0.4, 0.5) is 13.2 Å². The Morgan fingerprint density at radius 1 is 1.12 bits per heavy atom. The maximum atomic E-state index is 13.3. The van der Waals surface area contributed by atoms with Gasteiger partial charge in [-0.15, -0.1) is 0 Å². The minimum Gasteiger partial charge on any atom is -0.475 e. The van der Waals surface area contributed by atoms with Crippen LogP contribution in [-0.2, 0) is 20.9 Å². The number of hydrogen-bond donors (Lipinski definition) is 1. The van der Waals surface area contributed by atoms with E-state index in [2.05, 4.69) is 11.8 Å². The topological polar surface area (TPSA) is 94.3 Å². The van der Waals surface area contributed by atoms with Crippen molar-refractivity contribution in [1.82, 2.24) is 14.7 Å². The molecule has 0 aliphatic carbocycles. The Bertz CT molecular complexity index is 923. The van der Waals surface area contributed by atoms with Gasteiger partial charge in [0.15, 0.2) is 0 Å². The molecule has 3 aliphatic heterocycles. The van der Waals surface area contributed by atoms with Crippen LogP contribution < -0.4 is 0 Å². The van der Waals surface area contributed by atoms with Gasteiger partial charge in [0.25, 0.3) is 0 Å². The fourth-order valence-electron chi connectivity index (χ4n) is 5.63. The van der Waals surface area contributed by atoms with Gasteiger partial charge >= 0.3 is 12.1 Å². The summed E-state index contributed by atoms with van der Waals surface area (Å²) >= 11 is 0. The molecule has 3 saturated heterocycles. The first-order chi connectivity index (χ1) is 15.8. The Hall–Kier alpha value is -2.56. The minimum atomic E-state index is -5.08. The summed E-state index contributed by atoms with van der Waals surface area (Å²) in [6.45, 7) is 11.3. The lowest BCUT2D eigenvalue weighted by Gasteiger charge is -2.46. The number of rotatable bonds is 3. The maximum absolute atomic E-state index is 13.3. The molecule has 3 aliphatic rings. The van der Waals surface area contributed by atoms with Crippen LogP contribution in [0.2, 0.25) is 0 Å². The summed E-state index contributed by atoms with van der Waals surface area (Å²) < 4.78 is 37.5. The van der Waals surface area contributed by atoms with Crippen molar-refractivity contribution in [3.63, 3.8) is 0 Å². The number of alkyl halides is 3. The number of amides is 2. The van der Waals surface area contributed by atoms with Crippen molar-refractivity contribution in [3.8, 4) is 0 Å². The second-order valence-electron chi connectivity index (χ2n) is 9.46. The molecule has 1 atom stereocenters. The molecule has 1 aromatic rings. The van der Waals surface area contributed by atoms with E-state index >= 15 is 0 Å². The first-order valence-electron chi connectivity index (χ1n) is 11.5. The third kappa shape index (κ3) is 4.94. The molecule has 4 heterocycles. The minimum absolute atomic E-state index is 0.0742. The summed E-state index contributed by atoms with van der Waals surface area (Å²) in [5, 5.41) is 7.12. The van der Waals surface area contributed by atoms with Crippen molar-refractivity contribution in [2.24, 2.45) is 10.8 Å². The summed E-state index contributed by atoms with van der Waals surface area (Å²) in [4.78, 5) is 40.7. The van der Waals surface area contributed by atoms with E-state index in [0.717, 1.165) is 70.1 Å². The van der Waals surface area contributed by atoms with Crippen LogP contribution in [-0.4, -0.2) is 83.0 Å². The SMILES string of the molecule is CCN1CCC2(CN(C(C)=O)CC23CCN(Cc2ccc(C)o2)CC3)C1=O.O=C(O)C(F)(F)F. The number of carboxylic acid groups (broad SMARTS) is 1. The number of nitrogens with zero attached hydrogens (tertiary/aromatic N) is 3. The van der Waals surface area contributed by atoms with Crippen molar-refractivity contribution in [2.75, 3.05) is 39.3 Å². The molecule has 190 valence electrons. The van der Waals surface area contributed by atoms with E-state index in [1.54, 1.807) is 6.92 Å². The molecular weight excluding hydrogens is 455 g/mol. The highest BCUT2D eigenvalue weighted by atomic mass is 19.4. The van der Waals surface area contributed by atoms with Crippen LogP contribution in [0.25, 0.3) is 0 Å². The highest BCUT2D eigenvalue weighted by Crippen LogP contribution is 2.57. The lowest BCUT2D eigenvalue weighted by Crippen LogP contribution is -2.52. The molecule has 3 fully saturated rings. The smallest absolute Gasteiger partial charge is 0.475 e. The summed E-state index contributed by atoms with van der Waals surface area (Å²) in [7, 11) is 0. The van der Waals surface area contributed by atoms with Gasteiger partial charge in [-0.3, -0.25) is 14.5 Å². The molecule has 11 heteroatoms. The van der Waals surface area contributed by atoms with Crippen molar-refractivity contribution < 1.29 is 37.1 Å². The number of likely N-dealkylation sites (tertiary alicyclic amines) is 3. The molecule has 1 N–H and O–H groups in total. The number of hydrogen-bond acceptors (Lipinski definition) is 5. The van der Waals surface area contributed by atoms with E-state index < -0.39 is 12.1 Å².